The number of nitrogens with one attached hydrogen (secondary N) is 1. The Morgan fingerprint density at radius 1 is 1.37 bits per heavy atom. The monoisotopic (exact) mass is 409 g/mol. The minimum atomic E-state index is -0.771. The highest BCUT2D eigenvalue weighted by Gasteiger charge is 2.67. The topological polar surface area (TPSA) is 93.9 Å². The molecule has 156 valence electrons. The van der Waals surface area contributed by atoms with Crippen LogP contribution in [0, 0.1) is 18.8 Å². The van der Waals surface area contributed by atoms with Gasteiger partial charge < -0.3 is 19.3 Å². The summed E-state index contributed by atoms with van der Waals surface area (Å²) in [7, 11) is 1.63. The van der Waals surface area contributed by atoms with Crippen LogP contribution >= 0.6 is 0 Å². The molecular weight excluding hydrogens is 386 g/mol. The first-order chi connectivity index (χ1) is 14.5. The molecule has 2 unspecified atom stereocenters. The fraction of sp³-hybridized carbons (Fsp3) is 0.409. The molecule has 4 heterocycles. The van der Waals surface area contributed by atoms with Gasteiger partial charge in [0.25, 0.3) is 0 Å². The Morgan fingerprint density at radius 2 is 2.17 bits per heavy atom. The lowest BCUT2D eigenvalue weighted by Gasteiger charge is -2.23. The predicted molar refractivity (Wildman–Crippen MR) is 107 cm³/mol. The Morgan fingerprint density at radius 3 is 2.87 bits per heavy atom. The molecule has 0 radical (unpaired) electrons. The van der Waals surface area contributed by atoms with E-state index in [1.54, 1.807) is 25.0 Å². The minimum absolute atomic E-state index is 0.148. The van der Waals surface area contributed by atoms with E-state index in [4.69, 9.17) is 14.0 Å². The fourth-order valence-corrected chi connectivity index (χ4v) is 4.71. The van der Waals surface area contributed by atoms with Crippen molar-refractivity contribution in [1.82, 2.24) is 10.5 Å². The van der Waals surface area contributed by atoms with Crippen LogP contribution in [-0.2, 0) is 20.7 Å². The van der Waals surface area contributed by atoms with Crippen LogP contribution in [0.5, 0.6) is 5.75 Å². The number of rotatable bonds is 6. The molecule has 3 aliphatic rings. The van der Waals surface area contributed by atoms with Crippen molar-refractivity contribution < 1.29 is 23.6 Å². The van der Waals surface area contributed by atoms with Gasteiger partial charge in [0.1, 0.15) is 17.1 Å². The third-order valence-electron chi connectivity index (χ3n) is 6.17. The summed E-state index contributed by atoms with van der Waals surface area (Å²) >= 11 is 0. The summed E-state index contributed by atoms with van der Waals surface area (Å²) in [6.07, 6.45) is 4.14. The standard InChI is InChI=1S/C22H23N3O5/c1-13-11-17(24-30-13)25-12-22-9-7-16(29-22)18(19(22)21(25)27)20(26)23-10-8-14-3-5-15(28-2)6-4-14/h3-7,9,11,16,18-19H,8,10,12H2,1-2H3,(H,23,26)/t16-,18?,19?,22+/m1/s1. The molecule has 1 aromatic carbocycles. The maximum atomic E-state index is 13.2. The predicted octanol–water partition coefficient (Wildman–Crippen LogP) is 1.64. The highest BCUT2D eigenvalue weighted by Crippen LogP contribution is 2.52. The maximum absolute atomic E-state index is 13.2. The van der Waals surface area contributed by atoms with Crippen molar-refractivity contribution in [1.29, 1.82) is 0 Å². The molecule has 1 spiro atoms. The van der Waals surface area contributed by atoms with Gasteiger partial charge in [-0.25, -0.2) is 0 Å². The summed E-state index contributed by atoms with van der Waals surface area (Å²) in [5.74, 6) is 0.482. The van der Waals surface area contributed by atoms with Crippen molar-refractivity contribution in [3.05, 3.63) is 53.8 Å². The molecule has 2 saturated heterocycles. The molecule has 2 amide bonds. The number of ether oxygens (including phenoxy) is 2. The van der Waals surface area contributed by atoms with Gasteiger partial charge in [0, 0.05) is 12.6 Å². The number of aryl methyl sites for hydroxylation is 1. The molecule has 2 aromatic rings. The van der Waals surface area contributed by atoms with Crippen LogP contribution in [0.3, 0.4) is 0 Å². The number of hydrogen-bond donors (Lipinski definition) is 1. The Labute approximate surface area is 173 Å². The van der Waals surface area contributed by atoms with Gasteiger partial charge in [-0.05, 0) is 31.0 Å². The van der Waals surface area contributed by atoms with E-state index >= 15 is 0 Å². The molecule has 1 N–H and O–H groups in total. The number of amides is 2. The molecule has 4 atom stereocenters. The summed E-state index contributed by atoms with van der Waals surface area (Å²) in [5, 5.41) is 6.95. The van der Waals surface area contributed by atoms with Crippen LogP contribution in [0.15, 0.2) is 47.0 Å². The van der Waals surface area contributed by atoms with Crippen LogP contribution in [0.1, 0.15) is 11.3 Å². The SMILES string of the molecule is COc1ccc(CCNC(=O)C2C3C(=O)N(c4cc(C)on4)C[C@@]34C=C[C@H]2O4)cc1. The van der Waals surface area contributed by atoms with Gasteiger partial charge in [0.15, 0.2) is 5.82 Å². The Hall–Kier alpha value is -3.13. The average molecular weight is 409 g/mol. The molecular formula is C22H23N3O5. The molecule has 8 nitrogen and oxygen atoms in total. The second-order valence-electron chi connectivity index (χ2n) is 8.01. The van der Waals surface area contributed by atoms with Gasteiger partial charge in [0.05, 0.1) is 31.6 Å². The molecule has 5 rings (SSSR count). The van der Waals surface area contributed by atoms with E-state index < -0.39 is 17.4 Å². The third-order valence-corrected chi connectivity index (χ3v) is 6.17. The van der Waals surface area contributed by atoms with E-state index in [2.05, 4.69) is 10.5 Å². The van der Waals surface area contributed by atoms with Gasteiger partial charge in [-0.3, -0.25) is 14.5 Å². The smallest absolute Gasteiger partial charge is 0.235 e. The number of hydrogen-bond acceptors (Lipinski definition) is 6. The average Bonchev–Trinajstić information content (AvgIpc) is 3.49. The Balaban J connectivity index is 1.27. The zero-order valence-electron chi connectivity index (χ0n) is 16.8. The van der Waals surface area contributed by atoms with Gasteiger partial charge >= 0.3 is 0 Å². The van der Waals surface area contributed by atoms with E-state index in [0.29, 0.717) is 31.1 Å². The first-order valence-corrected chi connectivity index (χ1v) is 10.0. The quantitative estimate of drug-likeness (QED) is 0.729. The van der Waals surface area contributed by atoms with Gasteiger partial charge in [-0.1, -0.05) is 29.4 Å². The number of anilines is 1. The summed E-state index contributed by atoms with van der Waals surface area (Å²) in [6.45, 7) is 2.60. The second-order valence-corrected chi connectivity index (χ2v) is 8.01. The highest BCUT2D eigenvalue weighted by atomic mass is 16.5. The van der Waals surface area contributed by atoms with Crippen molar-refractivity contribution in [3.63, 3.8) is 0 Å². The van der Waals surface area contributed by atoms with Gasteiger partial charge in [0.2, 0.25) is 11.8 Å². The minimum Gasteiger partial charge on any atom is -0.497 e. The second kappa shape index (κ2) is 6.98. The lowest BCUT2D eigenvalue weighted by atomic mass is 9.77. The number of carbonyl (C=O) groups is 2. The molecule has 30 heavy (non-hydrogen) atoms. The molecule has 3 aliphatic heterocycles. The number of carbonyl (C=O) groups excluding carboxylic acids is 2. The number of benzene rings is 1. The lowest BCUT2D eigenvalue weighted by molar-refractivity contribution is -0.131. The Kier molecular flexibility index (Phi) is 4.39. The lowest BCUT2D eigenvalue weighted by Crippen LogP contribution is -2.44. The van der Waals surface area contributed by atoms with Crippen LogP contribution in [0.25, 0.3) is 0 Å². The van der Waals surface area contributed by atoms with Crippen LogP contribution in [-0.4, -0.2) is 48.9 Å². The summed E-state index contributed by atoms with van der Waals surface area (Å²) in [4.78, 5) is 27.8. The van der Waals surface area contributed by atoms with Crippen molar-refractivity contribution in [2.75, 3.05) is 25.1 Å². The van der Waals surface area contributed by atoms with Crippen LogP contribution < -0.4 is 15.0 Å². The largest absolute Gasteiger partial charge is 0.497 e. The van der Waals surface area contributed by atoms with Crippen molar-refractivity contribution in [3.8, 4) is 5.75 Å². The molecule has 1 aromatic heterocycles. The normalized spacial score (nSPS) is 28.8. The highest BCUT2D eigenvalue weighted by molar-refractivity contribution is 6.02. The van der Waals surface area contributed by atoms with Crippen LogP contribution in [0.2, 0.25) is 0 Å². The first-order valence-electron chi connectivity index (χ1n) is 10.0. The Bertz CT molecular complexity index is 1010. The van der Waals surface area contributed by atoms with Crippen LogP contribution in [0.4, 0.5) is 5.82 Å². The number of methoxy groups -OCH3 is 1. The molecule has 2 bridgehead atoms. The van der Waals surface area contributed by atoms with Crippen molar-refractivity contribution in [2.24, 2.45) is 11.8 Å². The molecule has 8 heteroatoms. The van der Waals surface area contributed by atoms with E-state index in [1.165, 1.54) is 0 Å². The molecule has 2 fully saturated rings. The van der Waals surface area contributed by atoms with E-state index in [-0.39, 0.29) is 17.9 Å². The van der Waals surface area contributed by atoms with Crippen molar-refractivity contribution in [2.45, 2.75) is 25.0 Å². The van der Waals surface area contributed by atoms with E-state index in [1.807, 2.05) is 36.4 Å². The van der Waals surface area contributed by atoms with Crippen molar-refractivity contribution >= 4 is 17.6 Å². The fourth-order valence-electron chi connectivity index (χ4n) is 4.71. The number of aromatic nitrogens is 1. The summed E-state index contributed by atoms with van der Waals surface area (Å²) in [5.41, 5.74) is 0.327. The first kappa shape index (κ1) is 18.9. The summed E-state index contributed by atoms with van der Waals surface area (Å²) in [6, 6.07) is 9.46. The third kappa shape index (κ3) is 2.90. The summed E-state index contributed by atoms with van der Waals surface area (Å²) < 4.78 is 16.4. The van der Waals surface area contributed by atoms with E-state index in [0.717, 1.165) is 11.3 Å². The van der Waals surface area contributed by atoms with E-state index in [9.17, 15) is 9.59 Å². The zero-order chi connectivity index (χ0) is 20.9. The number of nitrogens with zero attached hydrogens (tertiary/aromatic N) is 2. The zero-order valence-corrected chi connectivity index (χ0v) is 16.8. The molecule has 0 aliphatic carbocycles. The maximum Gasteiger partial charge on any atom is 0.235 e. The number of fused-ring (bicyclic) bond motifs is 1. The molecule has 0 saturated carbocycles. The van der Waals surface area contributed by atoms with Gasteiger partial charge in [-0.15, -0.1) is 0 Å². The van der Waals surface area contributed by atoms with Gasteiger partial charge in [-0.2, -0.15) is 0 Å².